The molecule has 0 aliphatic carbocycles. The molecule has 0 amide bonds. The molecule has 0 atom stereocenters. The summed E-state index contributed by atoms with van der Waals surface area (Å²) in [6, 6.07) is 23.9. The molecule has 0 aliphatic heterocycles. The first-order valence-corrected chi connectivity index (χ1v) is 8.28. The second kappa shape index (κ2) is 6.84. The Balaban J connectivity index is 1.86. The van der Waals surface area contributed by atoms with Crippen LogP contribution in [-0.2, 0) is 0 Å². The Morgan fingerprint density at radius 3 is 2.15 bits per heavy atom. The standard InChI is InChI=1S/C21H14FN3O2/c22-17-8-6-16(7-9-17)21-14-20(15-4-2-1-3-5-15)23-24(21)18-10-12-19(13-11-18)25(26)27/h1-14H. The van der Waals surface area contributed by atoms with Crippen molar-refractivity contribution < 1.29 is 9.31 Å². The van der Waals surface area contributed by atoms with Crippen LogP contribution in [-0.4, -0.2) is 14.7 Å². The maximum Gasteiger partial charge on any atom is 0.269 e. The zero-order valence-electron chi connectivity index (χ0n) is 14.1. The van der Waals surface area contributed by atoms with Crippen LogP contribution in [0.1, 0.15) is 0 Å². The van der Waals surface area contributed by atoms with E-state index >= 15 is 0 Å². The second-order valence-corrected chi connectivity index (χ2v) is 5.97. The minimum absolute atomic E-state index is 0.0116. The van der Waals surface area contributed by atoms with Gasteiger partial charge in [-0.25, -0.2) is 9.07 Å². The lowest BCUT2D eigenvalue weighted by Crippen LogP contribution is -1.99. The van der Waals surface area contributed by atoms with Gasteiger partial charge in [0.05, 0.1) is 22.0 Å². The first kappa shape index (κ1) is 16.7. The molecule has 0 radical (unpaired) electrons. The van der Waals surface area contributed by atoms with Crippen LogP contribution >= 0.6 is 0 Å². The monoisotopic (exact) mass is 359 g/mol. The van der Waals surface area contributed by atoms with Crippen LogP contribution in [0.25, 0.3) is 28.2 Å². The van der Waals surface area contributed by atoms with Gasteiger partial charge in [0.15, 0.2) is 0 Å². The molecule has 5 nitrogen and oxygen atoms in total. The minimum atomic E-state index is -0.441. The lowest BCUT2D eigenvalue weighted by molar-refractivity contribution is -0.384. The van der Waals surface area contributed by atoms with Crippen LogP contribution < -0.4 is 0 Å². The summed E-state index contributed by atoms with van der Waals surface area (Å²) in [6.45, 7) is 0. The third-order valence-corrected chi connectivity index (χ3v) is 4.22. The summed E-state index contributed by atoms with van der Waals surface area (Å²) in [5.41, 5.74) is 3.96. The van der Waals surface area contributed by atoms with E-state index in [1.54, 1.807) is 28.9 Å². The summed E-state index contributed by atoms with van der Waals surface area (Å²) < 4.78 is 15.0. The molecule has 1 heterocycles. The number of nitrogens with zero attached hydrogens (tertiary/aromatic N) is 3. The van der Waals surface area contributed by atoms with Gasteiger partial charge in [-0.3, -0.25) is 10.1 Å². The molecule has 4 rings (SSSR count). The molecule has 132 valence electrons. The van der Waals surface area contributed by atoms with Crippen molar-refractivity contribution in [3.8, 4) is 28.2 Å². The molecule has 0 bridgehead atoms. The van der Waals surface area contributed by atoms with Crippen LogP contribution in [0, 0.1) is 15.9 Å². The van der Waals surface area contributed by atoms with Gasteiger partial charge in [-0.1, -0.05) is 30.3 Å². The predicted octanol–water partition coefficient (Wildman–Crippen LogP) is 5.25. The molecule has 1 aromatic heterocycles. The molecule has 27 heavy (non-hydrogen) atoms. The molecule has 4 aromatic rings. The molecule has 0 aliphatic rings. The van der Waals surface area contributed by atoms with E-state index < -0.39 is 4.92 Å². The highest BCUT2D eigenvalue weighted by Gasteiger charge is 2.14. The fourth-order valence-electron chi connectivity index (χ4n) is 2.87. The normalized spacial score (nSPS) is 10.7. The second-order valence-electron chi connectivity index (χ2n) is 5.97. The first-order chi connectivity index (χ1) is 13.1. The van der Waals surface area contributed by atoms with E-state index in [-0.39, 0.29) is 11.5 Å². The van der Waals surface area contributed by atoms with Crippen LogP contribution in [0.15, 0.2) is 84.9 Å². The third-order valence-electron chi connectivity index (χ3n) is 4.22. The summed E-state index contributed by atoms with van der Waals surface area (Å²) in [5, 5.41) is 15.6. The predicted molar refractivity (Wildman–Crippen MR) is 101 cm³/mol. The highest BCUT2D eigenvalue weighted by Crippen LogP contribution is 2.29. The zero-order chi connectivity index (χ0) is 18.8. The number of nitro groups is 1. The quantitative estimate of drug-likeness (QED) is 0.369. The molecule has 3 aromatic carbocycles. The Kier molecular flexibility index (Phi) is 4.22. The zero-order valence-corrected chi connectivity index (χ0v) is 14.1. The van der Waals surface area contributed by atoms with E-state index in [0.717, 1.165) is 22.5 Å². The first-order valence-electron chi connectivity index (χ1n) is 8.28. The molecule has 0 fully saturated rings. The average molecular weight is 359 g/mol. The van der Waals surface area contributed by atoms with Gasteiger partial charge in [-0.05, 0) is 42.5 Å². The Morgan fingerprint density at radius 1 is 0.852 bits per heavy atom. The Morgan fingerprint density at radius 2 is 1.52 bits per heavy atom. The molecule has 0 spiro atoms. The Labute approximate surface area is 154 Å². The van der Waals surface area contributed by atoms with E-state index in [2.05, 4.69) is 5.10 Å². The van der Waals surface area contributed by atoms with Gasteiger partial charge in [-0.2, -0.15) is 5.10 Å². The van der Waals surface area contributed by atoms with Gasteiger partial charge in [0, 0.05) is 23.3 Å². The average Bonchev–Trinajstić information content (AvgIpc) is 3.15. The largest absolute Gasteiger partial charge is 0.269 e. The van der Waals surface area contributed by atoms with Crippen LogP contribution in [0.3, 0.4) is 0 Å². The van der Waals surface area contributed by atoms with Crippen molar-refractivity contribution in [1.29, 1.82) is 0 Å². The third kappa shape index (κ3) is 3.32. The number of benzene rings is 3. The fourth-order valence-corrected chi connectivity index (χ4v) is 2.87. The lowest BCUT2D eigenvalue weighted by atomic mass is 10.1. The van der Waals surface area contributed by atoms with Gasteiger partial charge in [0.2, 0.25) is 0 Å². The number of halogens is 1. The van der Waals surface area contributed by atoms with Crippen molar-refractivity contribution >= 4 is 5.69 Å². The van der Waals surface area contributed by atoms with Crippen molar-refractivity contribution in [2.24, 2.45) is 0 Å². The van der Waals surface area contributed by atoms with Crippen molar-refractivity contribution in [2.45, 2.75) is 0 Å². The lowest BCUT2D eigenvalue weighted by Gasteiger charge is -2.07. The summed E-state index contributed by atoms with van der Waals surface area (Å²) in [7, 11) is 0. The van der Waals surface area contributed by atoms with Crippen molar-refractivity contribution in [3.05, 3.63) is 101 Å². The highest BCUT2D eigenvalue weighted by atomic mass is 19.1. The molecule has 0 unspecified atom stereocenters. The summed E-state index contributed by atoms with van der Waals surface area (Å²) in [5.74, 6) is -0.316. The molecule has 0 saturated carbocycles. The number of non-ortho nitro benzene ring substituents is 1. The van der Waals surface area contributed by atoms with Gasteiger partial charge < -0.3 is 0 Å². The number of nitro benzene ring substituents is 1. The summed E-state index contributed by atoms with van der Waals surface area (Å²) in [4.78, 5) is 10.5. The molecular weight excluding hydrogens is 345 g/mol. The molecular formula is C21H14FN3O2. The van der Waals surface area contributed by atoms with Gasteiger partial charge in [0.1, 0.15) is 5.82 Å². The van der Waals surface area contributed by atoms with Crippen LogP contribution in [0.4, 0.5) is 10.1 Å². The number of aromatic nitrogens is 2. The SMILES string of the molecule is O=[N+]([O-])c1ccc(-n2nc(-c3ccccc3)cc2-c2ccc(F)cc2)cc1. The van der Waals surface area contributed by atoms with Crippen molar-refractivity contribution in [2.75, 3.05) is 0 Å². The molecule has 0 saturated heterocycles. The van der Waals surface area contributed by atoms with E-state index in [1.807, 2.05) is 36.4 Å². The number of hydrogen-bond acceptors (Lipinski definition) is 3. The maximum atomic E-state index is 13.3. The van der Waals surface area contributed by atoms with E-state index in [4.69, 9.17) is 0 Å². The highest BCUT2D eigenvalue weighted by molar-refractivity contribution is 5.70. The minimum Gasteiger partial charge on any atom is -0.258 e. The topological polar surface area (TPSA) is 61.0 Å². The van der Waals surface area contributed by atoms with E-state index in [1.165, 1.54) is 24.3 Å². The number of rotatable bonds is 4. The van der Waals surface area contributed by atoms with Crippen molar-refractivity contribution in [1.82, 2.24) is 9.78 Å². The van der Waals surface area contributed by atoms with Crippen LogP contribution in [0.5, 0.6) is 0 Å². The maximum absolute atomic E-state index is 13.3. The molecule has 0 N–H and O–H groups in total. The molecule has 6 heteroatoms. The van der Waals surface area contributed by atoms with E-state index in [0.29, 0.717) is 5.69 Å². The number of hydrogen-bond donors (Lipinski definition) is 0. The van der Waals surface area contributed by atoms with Crippen LogP contribution in [0.2, 0.25) is 0 Å². The van der Waals surface area contributed by atoms with Gasteiger partial charge >= 0.3 is 0 Å². The summed E-state index contributed by atoms with van der Waals surface area (Å²) in [6.07, 6.45) is 0. The van der Waals surface area contributed by atoms with Crippen molar-refractivity contribution in [3.63, 3.8) is 0 Å². The fraction of sp³-hybridized carbons (Fsp3) is 0. The van der Waals surface area contributed by atoms with Gasteiger partial charge in [0.25, 0.3) is 5.69 Å². The smallest absolute Gasteiger partial charge is 0.258 e. The van der Waals surface area contributed by atoms with E-state index in [9.17, 15) is 14.5 Å². The van der Waals surface area contributed by atoms with Gasteiger partial charge in [-0.15, -0.1) is 0 Å². The summed E-state index contributed by atoms with van der Waals surface area (Å²) >= 11 is 0. The Hall–Kier alpha value is -3.80. The Bertz CT molecular complexity index is 1090.